The van der Waals surface area contributed by atoms with E-state index in [0.29, 0.717) is 11.1 Å². The van der Waals surface area contributed by atoms with Crippen LogP contribution in [0, 0.1) is 17.5 Å². The first-order valence-corrected chi connectivity index (χ1v) is 3.94. The first-order chi connectivity index (χ1) is 4.61. The molecular formula is C7H3ClIN. The number of aromatic nitrogens is 1. The Labute approximate surface area is 78.9 Å². The van der Waals surface area contributed by atoms with Crippen molar-refractivity contribution in [3.05, 3.63) is 39.9 Å². The Bertz CT molecular complexity index is 237. The Morgan fingerprint density at radius 3 is 2.60 bits per heavy atom. The van der Waals surface area contributed by atoms with E-state index in [0.717, 1.165) is 3.70 Å². The van der Waals surface area contributed by atoms with Crippen LogP contribution in [-0.4, -0.2) is 4.98 Å². The number of hydrogen-bond donors (Lipinski definition) is 0. The third-order valence-electron chi connectivity index (χ3n) is 1.01. The van der Waals surface area contributed by atoms with Crippen LogP contribution in [0.2, 0.25) is 5.15 Å². The molecule has 1 nitrogen and oxygen atoms in total. The van der Waals surface area contributed by atoms with Gasteiger partial charge in [0.05, 0.1) is 0 Å². The molecule has 0 saturated carbocycles. The Kier molecular flexibility index (Phi) is 2.52. The van der Waals surface area contributed by atoms with Crippen molar-refractivity contribution in [1.82, 2.24) is 4.98 Å². The Morgan fingerprint density at radius 2 is 2.10 bits per heavy atom. The fourth-order valence-corrected chi connectivity index (χ4v) is 1.43. The predicted octanol–water partition coefficient (Wildman–Crippen LogP) is 2.46. The molecule has 0 aliphatic heterocycles. The average Bonchev–Trinajstić information content (AvgIpc) is 1.82. The molecule has 0 spiro atoms. The van der Waals surface area contributed by atoms with Crippen LogP contribution < -0.4 is 0 Å². The largest absolute Gasteiger partial charge is 0.230 e. The minimum absolute atomic E-state index is 0.268. The van der Waals surface area contributed by atoms with E-state index in [4.69, 9.17) is 25.4 Å². The highest BCUT2D eigenvalue weighted by molar-refractivity contribution is 14.1. The molecular weight excluding hydrogens is 260 g/mol. The van der Waals surface area contributed by atoms with Gasteiger partial charge in [0.15, 0.2) is 0 Å². The molecule has 50 valence electrons. The number of nitrogens with zero attached hydrogens (tertiary/aromatic N) is 1. The van der Waals surface area contributed by atoms with Gasteiger partial charge in [-0.05, 0) is 46.7 Å². The first kappa shape index (κ1) is 8.27. The van der Waals surface area contributed by atoms with Crippen LogP contribution in [-0.2, 0) is 0 Å². The zero-order chi connectivity index (χ0) is 7.72. The molecule has 0 atom stereocenters. The quantitative estimate of drug-likeness (QED) is 0.517. The van der Waals surface area contributed by atoms with E-state index in [-0.39, 0.29) is 5.15 Å². The average molecular weight is 263 g/mol. The molecule has 0 aliphatic carbocycles. The molecule has 0 fully saturated rings. The highest BCUT2D eigenvalue weighted by Crippen LogP contribution is 2.17. The topological polar surface area (TPSA) is 12.9 Å². The first-order valence-electron chi connectivity index (χ1n) is 2.48. The maximum atomic E-state index is 5.60. The summed E-state index contributed by atoms with van der Waals surface area (Å²) in [5.41, 5.74) is 0.825. The molecule has 0 bridgehead atoms. The lowest BCUT2D eigenvalue weighted by atomic mass is 10.2. The molecule has 0 aliphatic rings. The molecule has 1 rings (SSSR count). The van der Waals surface area contributed by atoms with Crippen LogP contribution in [0.3, 0.4) is 0 Å². The molecule has 0 N–H and O–H groups in total. The standard InChI is InChI=1S/C7H3ClIN/c1-4-3-6(9)10-7(8)5(4)2/h1-3H. The smallest absolute Gasteiger partial charge is 0.134 e. The Balaban J connectivity index is 3.31. The van der Waals surface area contributed by atoms with Gasteiger partial charge in [0.25, 0.3) is 0 Å². The van der Waals surface area contributed by atoms with Gasteiger partial charge >= 0.3 is 0 Å². The Hall–Kier alpha value is 0.170. The second-order valence-corrected chi connectivity index (χ2v) is 3.20. The van der Waals surface area contributed by atoms with Crippen LogP contribution in [0.5, 0.6) is 0 Å². The van der Waals surface area contributed by atoms with Crippen molar-refractivity contribution in [2.45, 2.75) is 0 Å². The van der Waals surface area contributed by atoms with Crippen molar-refractivity contribution >= 4 is 34.2 Å². The van der Waals surface area contributed by atoms with Gasteiger partial charge in [-0.3, -0.25) is 0 Å². The number of pyridine rings is 1. The maximum Gasteiger partial charge on any atom is 0.134 e. The molecule has 1 heterocycles. The van der Waals surface area contributed by atoms with Gasteiger partial charge in [-0.25, -0.2) is 4.98 Å². The van der Waals surface area contributed by atoms with Crippen molar-refractivity contribution in [1.29, 1.82) is 0 Å². The van der Waals surface area contributed by atoms with E-state index >= 15 is 0 Å². The van der Waals surface area contributed by atoms with Crippen LogP contribution >= 0.6 is 34.2 Å². The summed E-state index contributed by atoms with van der Waals surface area (Å²) in [5.74, 6) is 0. The van der Waals surface area contributed by atoms with Gasteiger partial charge in [0.2, 0.25) is 0 Å². The summed E-state index contributed by atoms with van der Waals surface area (Å²) in [4.78, 5) is 3.88. The maximum absolute atomic E-state index is 5.60. The molecule has 1 aromatic heterocycles. The van der Waals surface area contributed by atoms with E-state index in [1.54, 1.807) is 6.07 Å². The fraction of sp³-hybridized carbons (Fsp3) is 0. The minimum Gasteiger partial charge on any atom is -0.230 e. The molecule has 1 aromatic rings. The monoisotopic (exact) mass is 263 g/mol. The lowest BCUT2D eigenvalue weighted by molar-refractivity contribution is 1.24. The van der Waals surface area contributed by atoms with Crippen molar-refractivity contribution in [3.63, 3.8) is 0 Å². The minimum atomic E-state index is 0.268. The molecule has 0 amide bonds. The number of rotatable bonds is 0. The van der Waals surface area contributed by atoms with Crippen LogP contribution in [0.25, 0.3) is 0 Å². The highest BCUT2D eigenvalue weighted by Gasteiger charge is 2.01. The molecule has 0 aromatic carbocycles. The lowest BCUT2D eigenvalue weighted by Gasteiger charge is -2.00. The SMILES string of the molecule is [CH]c1cc(I)nc(Cl)c1[CH]. The predicted molar refractivity (Wildman–Crippen MR) is 48.8 cm³/mol. The van der Waals surface area contributed by atoms with Crippen molar-refractivity contribution in [2.75, 3.05) is 0 Å². The van der Waals surface area contributed by atoms with Crippen LogP contribution in [0.15, 0.2) is 6.07 Å². The van der Waals surface area contributed by atoms with Gasteiger partial charge in [0, 0.05) is 6.92 Å². The summed E-state index contributed by atoms with van der Waals surface area (Å²) in [6.07, 6.45) is 0. The number of hydrogen-bond acceptors (Lipinski definition) is 1. The summed E-state index contributed by atoms with van der Waals surface area (Å²) in [6.45, 7) is 10.9. The zero-order valence-electron chi connectivity index (χ0n) is 4.94. The lowest BCUT2D eigenvalue weighted by Crippen LogP contribution is -1.88. The van der Waals surface area contributed by atoms with E-state index < -0.39 is 0 Å². The van der Waals surface area contributed by atoms with Gasteiger partial charge in [-0.2, -0.15) is 0 Å². The van der Waals surface area contributed by atoms with Crippen molar-refractivity contribution in [3.8, 4) is 0 Å². The highest BCUT2D eigenvalue weighted by atomic mass is 127. The van der Waals surface area contributed by atoms with Gasteiger partial charge in [-0.1, -0.05) is 11.6 Å². The molecule has 0 unspecified atom stereocenters. The second kappa shape index (κ2) is 3.05. The summed E-state index contributed by atoms with van der Waals surface area (Å²) >= 11 is 7.61. The summed E-state index contributed by atoms with van der Waals surface area (Å²) < 4.78 is 0.745. The van der Waals surface area contributed by atoms with Gasteiger partial charge < -0.3 is 0 Å². The number of halogens is 2. The van der Waals surface area contributed by atoms with Gasteiger partial charge in [-0.15, -0.1) is 0 Å². The van der Waals surface area contributed by atoms with Crippen molar-refractivity contribution in [2.24, 2.45) is 0 Å². The van der Waals surface area contributed by atoms with E-state index in [9.17, 15) is 0 Å². The van der Waals surface area contributed by atoms with Crippen LogP contribution in [0.1, 0.15) is 11.1 Å². The Morgan fingerprint density at radius 1 is 1.50 bits per heavy atom. The van der Waals surface area contributed by atoms with E-state index in [1.165, 1.54) is 0 Å². The van der Waals surface area contributed by atoms with Gasteiger partial charge in [0.1, 0.15) is 8.85 Å². The van der Waals surface area contributed by atoms with E-state index in [2.05, 4.69) is 4.98 Å². The molecule has 4 radical (unpaired) electrons. The zero-order valence-corrected chi connectivity index (χ0v) is 7.85. The summed E-state index contributed by atoms with van der Waals surface area (Å²) in [6, 6.07) is 1.67. The van der Waals surface area contributed by atoms with Crippen LogP contribution in [0.4, 0.5) is 0 Å². The molecule has 3 heteroatoms. The summed E-state index contributed by atoms with van der Waals surface area (Å²) in [7, 11) is 0. The third-order valence-corrected chi connectivity index (χ3v) is 1.85. The molecule has 10 heavy (non-hydrogen) atoms. The summed E-state index contributed by atoms with van der Waals surface area (Å²) in [5, 5.41) is 0.268. The molecule has 0 saturated heterocycles. The second-order valence-electron chi connectivity index (χ2n) is 1.74. The normalized spacial score (nSPS) is 10.0. The third kappa shape index (κ3) is 1.61. The van der Waals surface area contributed by atoms with E-state index in [1.807, 2.05) is 22.6 Å². The van der Waals surface area contributed by atoms with Crippen molar-refractivity contribution < 1.29 is 0 Å². The fourth-order valence-electron chi connectivity index (χ4n) is 0.511.